The molecule has 1 N–H and O–H groups in total. The Balaban J connectivity index is 1.77. The number of hydrogen-bond acceptors (Lipinski definition) is 6. The first-order valence-corrected chi connectivity index (χ1v) is 9.93. The third kappa shape index (κ3) is 4.32. The Kier molecular flexibility index (Phi) is 5.52. The first-order valence-electron chi connectivity index (χ1n) is 9.11. The summed E-state index contributed by atoms with van der Waals surface area (Å²) < 4.78 is 45.0. The van der Waals surface area contributed by atoms with E-state index in [-0.39, 0.29) is 22.3 Å². The zero-order valence-electron chi connectivity index (χ0n) is 16.1. The molecule has 156 valence electrons. The number of fused-ring (bicyclic) bond motifs is 1. The number of aromatic nitrogens is 4. The van der Waals surface area contributed by atoms with Crippen molar-refractivity contribution in [2.24, 2.45) is 0 Å². The van der Waals surface area contributed by atoms with Gasteiger partial charge in [0.05, 0.1) is 23.4 Å². The van der Waals surface area contributed by atoms with Crippen LogP contribution in [0.1, 0.15) is 18.1 Å². The molecule has 10 heteroatoms. The number of H-pyrrole nitrogens is 1. The number of nitrogens with one attached hydrogen (secondary N) is 1. The molecule has 0 bridgehead atoms. The van der Waals surface area contributed by atoms with Gasteiger partial charge in [-0.1, -0.05) is 6.07 Å². The third-order valence-corrected chi connectivity index (χ3v) is 5.20. The van der Waals surface area contributed by atoms with E-state index < -0.39 is 11.7 Å². The molecule has 0 atom stereocenters. The van der Waals surface area contributed by atoms with Crippen LogP contribution in [-0.2, 0) is 6.18 Å². The van der Waals surface area contributed by atoms with Gasteiger partial charge in [0.15, 0.2) is 5.16 Å². The predicted molar refractivity (Wildman–Crippen MR) is 109 cm³/mol. The van der Waals surface area contributed by atoms with Gasteiger partial charge in [-0.15, -0.1) is 0 Å². The van der Waals surface area contributed by atoms with E-state index in [4.69, 9.17) is 4.74 Å². The maximum absolute atomic E-state index is 13.2. The third-order valence-electron chi connectivity index (χ3n) is 4.33. The molecule has 0 fully saturated rings. The highest BCUT2D eigenvalue weighted by Crippen LogP contribution is 2.36. The van der Waals surface area contributed by atoms with Gasteiger partial charge < -0.3 is 9.72 Å². The molecule has 0 spiro atoms. The molecule has 0 radical (unpaired) electrons. The summed E-state index contributed by atoms with van der Waals surface area (Å²) in [4.78, 5) is 16.2. The molecule has 4 rings (SSSR count). The van der Waals surface area contributed by atoms with Gasteiger partial charge >= 0.3 is 6.18 Å². The minimum atomic E-state index is -4.54. The minimum Gasteiger partial charge on any atom is -0.494 e. The summed E-state index contributed by atoms with van der Waals surface area (Å²) in [6.45, 7) is 2.41. The van der Waals surface area contributed by atoms with Crippen LogP contribution >= 0.6 is 11.8 Å². The molecule has 0 unspecified atom stereocenters. The first kappa shape index (κ1) is 20.7. The number of alkyl halides is 3. The SMILES string of the molecule is CCOc1cccc(Sc2ncc(C#N)c(-c3c[nH]c4ncc(C(F)(F)F)cc34)n2)c1. The normalized spacial score (nSPS) is 11.5. The van der Waals surface area contributed by atoms with Crippen LogP contribution in [0.2, 0.25) is 0 Å². The van der Waals surface area contributed by atoms with E-state index in [1.165, 1.54) is 24.2 Å². The Morgan fingerprint density at radius 3 is 2.77 bits per heavy atom. The predicted octanol–water partition coefficient (Wildman–Crippen LogP) is 5.46. The molecule has 0 aliphatic carbocycles. The number of nitriles is 1. The van der Waals surface area contributed by atoms with Gasteiger partial charge in [0.2, 0.25) is 0 Å². The summed E-state index contributed by atoms with van der Waals surface area (Å²) in [5.74, 6) is 0.698. The lowest BCUT2D eigenvalue weighted by atomic mass is 10.1. The summed E-state index contributed by atoms with van der Waals surface area (Å²) in [5.41, 5.74) is 0.108. The summed E-state index contributed by atoms with van der Waals surface area (Å²) in [7, 11) is 0. The quantitative estimate of drug-likeness (QED) is 0.414. The highest BCUT2D eigenvalue weighted by molar-refractivity contribution is 7.99. The molecule has 0 amide bonds. The van der Waals surface area contributed by atoms with Crippen molar-refractivity contribution in [3.8, 4) is 23.1 Å². The molecule has 0 aliphatic rings. The van der Waals surface area contributed by atoms with E-state index in [2.05, 4.69) is 19.9 Å². The van der Waals surface area contributed by atoms with Crippen molar-refractivity contribution >= 4 is 22.8 Å². The second-order valence-corrected chi connectivity index (χ2v) is 7.40. The van der Waals surface area contributed by atoms with E-state index in [0.29, 0.717) is 23.1 Å². The van der Waals surface area contributed by atoms with Gasteiger partial charge in [-0.3, -0.25) is 0 Å². The van der Waals surface area contributed by atoms with Crippen LogP contribution in [0.15, 0.2) is 59.0 Å². The fourth-order valence-corrected chi connectivity index (χ4v) is 3.73. The lowest BCUT2D eigenvalue weighted by Crippen LogP contribution is -2.05. The second kappa shape index (κ2) is 8.28. The average Bonchev–Trinajstić information content (AvgIpc) is 3.17. The number of rotatable bonds is 5. The summed E-state index contributed by atoms with van der Waals surface area (Å²) in [5, 5.41) is 10.1. The van der Waals surface area contributed by atoms with Crippen molar-refractivity contribution in [1.29, 1.82) is 5.26 Å². The highest BCUT2D eigenvalue weighted by Gasteiger charge is 2.31. The molecule has 0 saturated carbocycles. The Morgan fingerprint density at radius 1 is 1.19 bits per heavy atom. The lowest BCUT2D eigenvalue weighted by Gasteiger charge is -2.08. The Hall–Kier alpha value is -3.58. The number of pyridine rings is 1. The van der Waals surface area contributed by atoms with Crippen molar-refractivity contribution < 1.29 is 17.9 Å². The lowest BCUT2D eigenvalue weighted by molar-refractivity contribution is -0.137. The monoisotopic (exact) mass is 441 g/mol. The number of halogens is 3. The van der Waals surface area contributed by atoms with Gasteiger partial charge in [0, 0.05) is 34.4 Å². The van der Waals surface area contributed by atoms with Crippen molar-refractivity contribution in [3.63, 3.8) is 0 Å². The summed E-state index contributed by atoms with van der Waals surface area (Å²) in [6, 6.07) is 10.4. The minimum absolute atomic E-state index is 0.144. The molecule has 0 aliphatic heterocycles. The van der Waals surface area contributed by atoms with E-state index in [9.17, 15) is 18.4 Å². The topological polar surface area (TPSA) is 87.5 Å². The maximum Gasteiger partial charge on any atom is 0.417 e. The van der Waals surface area contributed by atoms with Crippen LogP contribution in [0, 0.1) is 11.3 Å². The molecule has 1 aromatic carbocycles. The Morgan fingerprint density at radius 2 is 2.03 bits per heavy atom. The van der Waals surface area contributed by atoms with E-state index in [1.54, 1.807) is 0 Å². The molecular weight excluding hydrogens is 427 g/mol. The van der Waals surface area contributed by atoms with E-state index >= 15 is 0 Å². The molecule has 3 aromatic heterocycles. The van der Waals surface area contributed by atoms with Gasteiger partial charge in [-0.2, -0.15) is 18.4 Å². The number of aromatic amines is 1. The van der Waals surface area contributed by atoms with Crippen LogP contribution in [0.25, 0.3) is 22.3 Å². The van der Waals surface area contributed by atoms with Crippen LogP contribution in [-0.4, -0.2) is 26.5 Å². The van der Waals surface area contributed by atoms with E-state index in [0.717, 1.165) is 17.2 Å². The van der Waals surface area contributed by atoms with Gasteiger partial charge in [-0.25, -0.2) is 15.0 Å². The first-order chi connectivity index (χ1) is 14.9. The van der Waals surface area contributed by atoms with Gasteiger partial charge in [-0.05, 0) is 43.0 Å². The second-order valence-electron chi connectivity index (χ2n) is 6.36. The van der Waals surface area contributed by atoms with Crippen molar-refractivity contribution in [3.05, 3.63) is 60.0 Å². The smallest absolute Gasteiger partial charge is 0.417 e. The van der Waals surface area contributed by atoms with Crippen molar-refractivity contribution in [2.75, 3.05) is 6.61 Å². The van der Waals surface area contributed by atoms with Crippen molar-refractivity contribution in [2.45, 2.75) is 23.2 Å². The van der Waals surface area contributed by atoms with Crippen LogP contribution in [0.3, 0.4) is 0 Å². The number of benzene rings is 1. The standard InChI is InChI=1S/C21H14F3N5OS/c1-2-30-14-4-3-5-15(7-14)31-20-28-9-12(8-25)18(29-20)17-11-27-19-16(17)6-13(10-26-19)21(22,23)24/h3-7,9-11H,2H2,1H3,(H,26,27). The number of nitrogens with zero attached hydrogens (tertiary/aromatic N) is 4. The molecular formula is C21H14F3N5OS. The molecule has 0 saturated heterocycles. The summed E-state index contributed by atoms with van der Waals surface area (Å²) in [6.07, 6.45) is -0.922. The zero-order chi connectivity index (χ0) is 22.0. The van der Waals surface area contributed by atoms with Gasteiger partial charge in [0.1, 0.15) is 17.5 Å². The van der Waals surface area contributed by atoms with Gasteiger partial charge in [0.25, 0.3) is 0 Å². The number of ether oxygens (including phenoxy) is 1. The molecule has 4 aromatic rings. The highest BCUT2D eigenvalue weighted by atomic mass is 32.2. The van der Waals surface area contributed by atoms with E-state index in [1.807, 2.05) is 37.3 Å². The molecule has 3 heterocycles. The van der Waals surface area contributed by atoms with Crippen molar-refractivity contribution in [1.82, 2.24) is 19.9 Å². The summed E-state index contributed by atoms with van der Waals surface area (Å²) >= 11 is 1.25. The fraction of sp³-hybridized carbons (Fsp3) is 0.143. The largest absolute Gasteiger partial charge is 0.494 e. The Labute approximate surface area is 179 Å². The fourth-order valence-electron chi connectivity index (χ4n) is 2.96. The maximum atomic E-state index is 13.2. The van der Waals surface area contributed by atoms with Crippen LogP contribution in [0.4, 0.5) is 13.2 Å². The molecule has 6 nitrogen and oxygen atoms in total. The average molecular weight is 441 g/mol. The van der Waals surface area contributed by atoms with Crippen LogP contribution in [0.5, 0.6) is 5.75 Å². The zero-order valence-corrected chi connectivity index (χ0v) is 16.9. The van der Waals surface area contributed by atoms with Crippen LogP contribution < -0.4 is 4.74 Å². The molecule has 31 heavy (non-hydrogen) atoms. The number of hydrogen-bond donors (Lipinski definition) is 1. The Bertz CT molecular complexity index is 1300.